The summed E-state index contributed by atoms with van der Waals surface area (Å²) in [5.74, 6) is -0.0696. The van der Waals surface area contributed by atoms with E-state index >= 15 is 0 Å². The van der Waals surface area contributed by atoms with Crippen LogP contribution < -0.4 is 5.32 Å². The number of rotatable bonds is 3. The minimum absolute atomic E-state index is 0.0587. The molecule has 0 aliphatic carbocycles. The van der Waals surface area contributed by atoms with Crippen LogP contribution in [0.4, 0.5) is 0 Å². The van der Waals surface area contributed by atoms with Crippen molar-refractivity contribution in [2.45, 2.75) is 6.10 Å². The molecule has 1 aliphatic heterocycles. The zero-order valence-corrected chi connectivity index (χ0v) is 11.2. The lowest BCUT2D eigenvalue weighted by molar-refractivity contribution is 0.0103. The van der Waals surface area contributed by atoms with Crippen molar-refractivity contribution in [1.29, 1.82) is 0 Å². The predicted molar refractivity (Wildman–Crippen MR) is 66.0 cm³/mol. The number of likely N-dealkylation sites (N-methyl/N-ethyl adjacent to an activating group) is 1. The minimum atomic E-state index is -0.0696. The monoisotopic (exact) mass is 302 g/mol. The van der Waals surface area contributed by atoms with Crippen molar-refractivity contribution < 1.29 is 13.9 Å². The third-order valence-corrected chi connectivity index (χ3v) is 3.29. The summed E-state index contributed by atoms with van der Waals surface area (Å²) >= 11 is 3.20. The number of halogens is 1. The molecule has 1 atom stereocenters. The van der Waals surface area contributed by atoms with E-state index in [1.165, 1.54) is 6.26 Å². The molecular weight excluding hydrogens is 288 g/mol. The van der Waals surface area contributed by atoms with Crippen LogP contribution in [0.15, 0.2) is 21.4 Å². The molecule has 6 heteroatoms. The predicted octanol–water partition coefficient (Wildman–Crippen LogP) is 1.10. The number of ether oxygens (including phenoxy) is 1. The van der Waals surface area contributed by atoms with E-state index in [1.54, 1.807) is 18.0 Å². The Morgan fingerprint density at radius 3 is 3.12 bits per heavy atom. The Hall–Kier alpha value is -0.850. The van der Waals surface area contributed by atoms with Crippen LogP contribution in [0, 0.1) is 0 Å². The van der Waals surface area contributed by atoms with Crippen molar-refractivity contribution >= 4 is 21.8 Å². The third kappa shape index (κ3) is 3.08. The fraction of sp³-hybridized carbons (Fsp3) is 0.545. The van der Waals surface area contributed by atoms with E-state index in [-0.39, 0.29) is 12.0 Å². The van der Waals surface area contributed by atoms with Gasteiger partial charge in [0, 0.05) is 26.7 Å². The van der Waals surface area contributed by atoms with Crippen LogP contribution in [0.2, 0.25) is 0 Å². The van der Waals surface area contributed by atoms with Gasteiger partial charge in [0.1, 0.15) is 0 Å². The second-order valence-electron chi connectivity index (χ2n) is 3.99. The highest BCUT2D eigenvalue weighted by molar-refractivity contribution is 9.10. The number of furan rings is 1. The molecule has 5 nitrogen and oxygen atoms in total. The highest BCUT2D eigenvalue weighted by atomic mass is 79.9. The van der Waals surface area contributed by atoms with Gasteiger partial charge < -0.3 is 19.4 Å². The van der Waals surface area contributed by atoms with Crippen LogP contribution in [0.1, 0.15) is 10.4 Å². The average Bonchev–Trinajstić information content (AvgIpc) is 2.76. The zero-order chi connectivity index (χ0) is 12.3. The first-order valence-corrected chi connectivity index (χ1v) is 6.28. The summed E-state index contributed by atoms with van der Waals surface area (Å²) in [5, 5.41) is 3.23. The van der Waals surface area contributed by atoms with Gasteiger partial charge in [-0.15, -0.1) is 0 Å². The first kappa shape index (κ1) is 12.6. The lowest BCUT2D eigenvalue weighted by atomic mass is 10.2. The molecule has 0 bridgehead atoms. The number of nitrogens with one attached hydrogen (secondary N) is 1. The maximum Gasteiger partial charge on any atom is 0.258 e. The fourth-order valence-corrected chi connectivity index (χ4v) is 2.19. The molecule has 2 heterocycles. The van der Waals surface area contributed by atoms with Gasteiger partial charge in [-0.25, -0.2) is 0 Å². The maximum atomic E-state index is 12.1. The van der Waals surface area contributed by atoms with E-state index in [4.69, 9.17) is 9.15 Å². The van der Waals surface area contributed by atoms with Crippen LogP contribution >= 0.6 is 15.9 Å². The first-order valence-electron chi connectivity index (χ1n) is 5.49. The highest BCUT2D eigenvalue weighted by Gasteiger charge is 2.21. The number of carbonyl (C=O) groups excluding carboxylic acids is 1. The van der Waals surface area contributed by atoms with E-state index in [0.29, 0.717) is 23.4 Å². The summed E-state index contributed by atoms with van der Waals surface area (Å²) in [6.45, 7) is 2.93. The van der Waals surface area contributed by atoms with Crippen molar-refractivity contribution in [1.82, 2.24) is 10.2 Å². The standard InChI is InChI=1S/C11H15BrN2O3/c1-14(7-8-6-13-3-5-16-8)11(15)9-2-4-17-10(9)12/h2,4,8,13H,3,5-7H2,1H3. The van der Waals surface area contributed by atoms with Gasteiger partial charge in [0.25, 0.3) is 5.91 Å². The normalized spacial score (nSPS) is 20.2. The van der Waals surface area contributed by atoms with Gasteiger partial charge in [0.05, 0.1) is 24.5 Å². The molecule has 0 saturated carbocycles. The molecule has 1 aliphatic rings. The SMILES string of the molecule is CN(CC1CNCCO1)C(=O)c1ccoc1Br. The molecule has 1 amide bonds. The van der Waals surface area contributed by atoms with Gasteiger partial charge in [0.15, 0.2) is 4.67 Å². The molecule has 1 aromatic heterocycles. The van der Waals surface area contributed by atoms with Crippen LogP contribution in [-0.2, 0) is 4.74 Å². The molecule has 0 spiro atoms. The molecule has 1 saturated heterocycles. The number of amides is 1. The second kappa shape index (κ2) is 5.66. The van der Waals surface area contributed by atoms with Gasteiger partial charge in [-0.05, 0) is 22.0 Å². The number of morpholine rings is 1. The average molecular weight is 303 g/mol. The smallest absolute Gasteiger partial charge is 0.258 e. The van der Waals surface area contributed by atoms with Crippen molar-refractivity contribution in [2.24, 2.45) is 0 Å². The van der Waals surface area contributed by atoms with Gasteiger partial charge in [-0.1, -0.05) is 0 Å². The fourth-order valence-electron chi connectivity index (χ4n) is 1.78. The van der Waals surface area contributed by atoms with E-state index in [2.05, 4.69) is 21.2 Å². The zero-order valence-electron chi connectivity index (χ0n) is 9.61. The maximum absolute atomic E-state index is 12.1. The summed E-state index contributed by atoms with van der Waals surface area (Å²) < 4.78 is 11.1. The molecule has 2 rings (SSSR count). The van der Waals surface area contributed by atoms with Gasteiger partial charge in [-0.2, -0.15) is 0 Å². The highest BCUT2D eigenvalue weighted by Crippen LogP contribution is 2.19. The number of hydrogen-bond acceptors (Lipinski definition) is 4. The number of nitrogens with zero attached hydrogens (tertiary/aromatic N) is 1. The van der Waals surface area contributed by atoms with Gasteiger partial charge in [-0.3, -0.25) is 4.79 Å². The Balaban J connectivity index is 1.93. The third-order valence-electron chi connectivity index (χ3n) is 2.68. The topological polar surface area (TPSA) is 54.7 Å². The quantitative estimate of drug-likeness (QED) is 0.908. The Bertz CT molecular complexity index is 388. The Morgan fingerprint density at radius 2 is 2.53 bits per heavy atom. The number of carbonyl (C=O) groups is 1. The summed E-state index contributed by atoms with van der Waals surface area (Å²) in [5.41, 5.74) is 0.538. The van der Waals surface area contributed by atoms with Gasteiger partial charge >= 0.3 is 0 Å². The molecule has 0 radical (unpaired) electrons. The van der Waals surface area contributed by atoms with E-state index < -0.39 is 0 Å². The van der Waals surface area contributed by atoms with E-state index in [1.807, 2.05) is 0 Å². The molecule has 1 unspecified atom stereocenters. The summed E-state index contributed by atoms with van der Waals surface area (Å²) in [6.07, 6.45) is 1.55. The van der Waals surface area contributed by atoms with Crippen molar-refractivity contribution in [3.63, 3.8) is 0 Å². The lowest BCUT2D eigenvalue weighted by Gasteiger charge is -2.27. The Morgan fingerprint density at radius 1 is 1.71 bits per heavy atom. The van der Waals surface area contributed by atoms with Crippen LogP contribution in [0.5, 0.6) is 0 Å². The van der Waals surface area contributed by atoms with E-state index in [9.17, 15) is 4.79 Å². The molecule has 17 heavy (non-hydrogen) atoms. The van der Waals surface area contributed by atoms with Crippen LogP contribution in [0.25, 0.3) is 0 Å². The minimum Gasteiger partial charge on any atom is -0.457 e. The first-order chi connectivity index (χ1) is 8.18. The van der Waals surface area contributed by atoms with Crippen LogP contribution in [0.3, 0.4) is 0 Å². The summed E-state index contributed by atoms with van der Waals surface area (Å²) in [6, 6.07) is 1.66. The van der Waals surface area contributed by atoms with Crippen molar-refractivity contribution in [3.05, 3.63) is 22.6 Å². The van der Waals surface area contributed by atoms with Crippen molar-refractivity contribution in [2.75, 3.05) is 33.3 Å². The largest absolute Gasteiger partial charge is 0.457 e. The Kier molecular flexibility index (Phi) is 4.20. The van der Waals surface area contributed by atoms with Crippen molar-refractivity contribution in [3.8, 4) is 0 Å². The second-order valence-corrected chi connectivity index (χ2v) is 4.71. The summed E-state index contributed by atoms with van der Waals surface area (Å²) in [7, 11) is 1.76. The molecule has 1 N–H and O–H groups in total. The van der Waals surface area contributed by atoms with Crippen LogP contribution in [-0.4, -0.2) is 50.2 Å². The molecule has 0 aromatic carbocycles. The lowest BCUT2D eigenvalue weighted by Crippen LogP contribution is -2.45. The number of hydrogen-bond donors (Lipinski definition) is 1. The summed E-state index contributed by atoms with van der Waals surface area (Å²) in [4.78, 5) is 13.7. The molecule has 1 fully saturated rings. The molecule has 94 valence electrons. The molecule has 1 aromatic rings. The molecular formula is C11H15BrN2O3. The Labute approximate surface area is 108 Å². The van der Waals surface area contributed by atoms with E-state index in [0.717, 1.165) is 13.1 Å². The van der Waals surface area contributed by atoms with Gasteiger partial charge in [0.2, 0.25) is 0 Å².